The molecule has 0 aromatic heterocycles. The van der Waals surface area contributed by atoms with Gasteiger partial charge in [0.1, 0.15) is 5.82 Å². The predicted molar refractivity (Wildman–Crippen MR) is 96.6 cm³/mol. The number of rotatable bonds is 7. The molecule has 1 atom stereocenters. The molecule has 1 N–H and O–H groups in total. The standard InChI is InChI=1S/C20H25FN2O2/c1-4-25-14-18-8-6-5-7-17(18)13-22-20(24)23(3)15(2)16-9-11-19(21)12-10-16/h5-12,15H,4,13-14H2,1-3H3,(H,22,24). The second-order valence-electron chi connectivity index (χ2n) is 5.90. The fraction of sp³-hybridized carbons (Fsp3) is 0.350. The van der Waals surface area contributed by atoms with Crippen LogP contribution in [0.3, 0.4) is 0 Å². The maximum Gasteiger partial charge on any atom is 0.317 e. The predicted octanol–water partition coefficient (Wildman–Crippen LogP) is 4.26. The van der Waals surface area contributed by atoms with Crippen LogP contribution in [-0.2, 0) is 17.9 Å². The van der Waals surface area contributed by atoms with E-state index in [9.17, 15) is 9.18 Å². The number of urea groups is 1. The smallest absolute Gasteiger partial charge is 0.317 e. The van der Waals surface area contributed by atoms with Crippen molar-refractivity contribution in [2.24, 2.45) is 0 Å². The van der Waals surface area contributed by atoms with Gasteiger partial charge in [-0.2, -0.15) is 0 Å². The average Bonchev–Trinajstić information content (AvgIpc) is 2.64. The minimum absolute atomic E-state index is 0.153. The summed E-state index contributed by atoms with van der Waals surface area (Å²) in [6, 6.07) is 13.8. The van der Waals surface area contributed by atoms with Gasteiger partial charge in [0.15, 0.2) is 0 Å². The van der Waals surface area contributed by atoms with Crippen molar-refractivity contribution in [3.8, 4) is 0 Å². The molecule has 134 valence electrons. The fourth-order valence-corrected chi connectivity index (χ4v) is 2.52. The third-order valence-corrected chi connectivity index (χ3v) is 4.26. The van der Waals surface area contributed by atoms with Gasteiger partial charge < -0.3 is 15.0 Å². The van der Waals surface area contributed by atoms with Gasteiger partial charge in [0.2, 0.25) is 0 Å². The first-order valence-electron chi connectivity index (χ1n) is 8.43. The lowest BCUT2D eigenvalue weighted by atomic mass is 10.1. The molecule has 2 aromatic rings. The van der Waals surface area contributed by atoms with Crippen molar-refractivity contribution in [1.82, 2.24) is 10.2 Å². The van der Waals surface area contributed by atoms with E-state index in [-0.39, 0.29) is 17.9 Å². The Morgan fingerprint density at radius 3 is 2.44 bits per heavy atom. The zero-order valence-corrected chi connectivity index (χ0v) is 15.0. The fourth-order valence-electron chi connectivity index (χ4n) is 2.52. The Balaban J connectivity index is 1.96. The Morgan fingerprint density at radius 1 is 1.16 bits per heavy atom. The van der Waals surface area contributed by atoms with E-state index in [4.69, 9.17) is 4.74 Å². The highest BCUT2D eigenvalue weighted by Gasteiger charge is 2.17. The molecule has 5 heteroatoms. The highest BCUT2D eigenvalue weighted by atomic mass is 19.1. The van der Waals surface area contributed by atoms with E-state index >= 15 is 0 Å². The molecule has 0 saturated heterocycles. The lowest BCUT2D eigenvalue weighted by Crippen LogP contribution is -2.38. The first kappa shape index (κ1) is 18.9. The van der Waals surface area contributed by atoms with E-state index < -0.39 is 0 Å². The molecule has 2 amide bonds. The monoisotopic (exact) mass is 344 g/mol. The van der Waals surface area contributed by atoms with Crippen LogP contribution in [0.1, 0.15) is 36.6 Å². The molecule has 0 aliphatic rings. The number of carbonyl (C=O) groups excluding carboxylic acids is 1. The Hall–Kier alpha value is -2.40. The molecule has 0 heterocycles. The molecule has 0 bridgehead atoms. The van der Waals surface area contributed by atoms with E-state index in [0.717, 1.165) is 16.7 Å². The van der Waals surface area contributed by atoms with Crippen LogP contribution in [0.15, 0.2) is 48.5 Å². The summed E-state index contributed by atoms with van der Waals surface area (Å²) in [6.45, 7) is 5.48. The first-order valence-corrected chi connectivity index (χ1v) is 8.43. The number of hydrogen-bond acceptors (Lipinski definition) is 2. The molecule has 0 fully saturated rings. The summed E-state index contributed by atoms with van der Waals surface area (Å²) >= 11 is 0. The lowest BCUT2D eigenvalue weighted by molar-refractivity contribution is 0.133. The van der Waals surface area contributed by atoms with Gasteiger partial charge in [0.25, 0.3) is 0 Å². The van der Waals surface area contributed by atoms with Crippen molar-refractivity contribution in [1.29, 1.82) is 0 Å². The third-order valence-electron chi connectivity index (χ3n) is 4.26. The maximum atomic E-state index is 13.0. The van der Waals surface area contributed by atoms with Crippen molar-refractivity contribution < 1.29 is 13.9 Å². The Bertz CT molecular complexity index is 688. The summed E-state index contributed by atoms with van der Waals surface area (Å²) in [4.78, 5) is 14.0. The number of carbonyl (C=O) groups is 1. The van der Waals surface area contributed by atoms with Gasteiger partial charge in [-0.1, -0.05) is 36.4 Å². The average molecular weight is 344 g/mol. The largest absolute Gasteiger partial charge is 0.377 e. The highest BCUT2D eigenvalue weighted by molar-refractivity contribution is 5.74. The summed E-state index contributed by atoms with van der Waals surface area (Å²) in [5.41, 5.74) is 2.99. The summed E-state index contributed by atoms with van der Waals surface area (Å²) in [7, 11) is 1.73. The SMILES string of the molecule is CCOCc1ccccc1CNC(=O)N(C)C(C)c1ccc(F)cc1. The van der Waals surface area contributed by atoms with Crippen molar-refractivity contribution in [3.05, 3.63) is 71.0 Å². The van der Waals surface area contributed by atoms with Crippen LogP contribution in [0.2, 0.25) is 0 Å². The molecule has 0 radical (unpaired) electrons. The summed E-state index contributed by atoms with van der Waals surface area (Å²) < 4.78 is 18.5. The lowest BCUT2D eigenvalue weighted by Gasteiger charge is -2.26. The van der Waals surface area contributed by atoms with Crippen LogP contribution in [-0.4, -0.2) is 24.6 Å². The molecule has 1 unspecified atom stereocenters. The van der Waals surface area contributed by atoms with Crippen LogP contribution in [0.5, 0.6) is 0 Å². The summed E-state index contributed by atoms with van der Waals surface area (Å²) in [5, 5.41) is 2.93. The molecule has 2 aromatic carbocycles. The van der Waals surface area contributed by atoms with E-state index in [1.807, 2.05) is 38.1 Å². The van der Waals surface area contributed by atoms with Gasteiger partial charge >= 0.3 is 6.03 Å². The van der Waals surface area contributed by atoms with Crippen molar-refractivity contribution in [3.63, 3.8) is 0 Å². The minimum atomic E-state index is -0.283. The number of halogens is 1. The van der Waals surface area contributed by atoms with Gasteiger partial charge in [0, 0.05) is 20.2 Å². The third kappa shape index (κ3) is 5.29. The summed E-state index contributed by atoms with van der Waals surface area (Å²) in [5.74, 6) is -0.283. The van der Waals surface area contributed by atoms with Gasteiger partial charge in [-0.3, -0.25) is 0 Å². The second-order valence-corrected chi connectivity index (χ2v) is 5.90. The number of ether oxygens (including phenoxy) is 1. The maximum absolute atomic E-state index is 13.0. The van der Waals surface area contributed by atoms with Crippen molar-refractivity contribution in [2.45, 2.75) is 33.0 Å². The zero-order chi connectivity index (χ0) is 18.2. The normalized spacial score (nSPS) is 11.8. The molecule has 0 aliphatic carbocycles. The molecule has 2 rings (SSSR count). The molecule has 0 saturated carbocycles. The van der Waals surface area contributed by atoms with Crippen molar-refractivity contribution in [2.75, 3.05) is 13.7 Å². The van der Waals surface area contributed by atoms with Crippen LogP contribution >= 0.6 is 0 Å². The van der Waals surface area contributed by atoms with Gasteiger partial charge in [-0.05, 0) is 42.7 Å². The Labute approximate surface area is 148 Å². The zero-order valence-electron chi connectivity index (χ0n) is 15.0. The Morgan fingerprint density at radius 2 is 1.80 bits per heavy atom. The molecule has 4 nitrogen and oxygen atoms in total. The van der Waals surface area contributed by atoms with Crippen LogP contribution in [0.4, 0.5) is 9.18 Å². The van der Waals surface area contributed by atoms with E-state index in [1.165, 1.54) is 12.1 Å². The molecule has 0 spiro atoms. The number of amides is 2. The van der Waals surface area contributed by atoms with Crippen LogP contribution < -0.4 is 5.32 Å². The molecule has 0 aliphatic heterocycles. The van der Waals surface area contributed by atoms with Gasteiger partial charge in [-0.25, -0.2) is 9.18 Å². The van der Waals surface area contributed by atoms with E-state index in [2.05, 4.69) is 5.32 Å². The first-order chi connectivity index (χ1) is 12.0. The Kier molecular flexibility index (Phi) is 6.95. The molecule has 25 heavy (non-hydrogen) atoms. The number of benzene rings is 2. The van der Waals surface area contributed by atoms with Crippen LogP contribution in [0.25, 0.3) is 0 Å². The quantitative estimate of drug-likeness (QED) is 0.815. The highest BCUT2D eigenvalue weighted by Crippen LogP contribution is 2.19. The van der Waals surface area contributed by atoms with E-state index in [0.29, 0.717) is 19.8 Å². The van der Waals surface area contributed by atoms with E-state index in [1.54, 1.807) is 24.1 Å². The molecular weight excluding hydrogens is 319 g/mol. The minimum Gasteiger partial charge on any atom is -0.377 e. The van der Waals surface area contributed by atoms with Crippen molar-refractivity contribution >= 4 is 6.03 Å². The molecular formula is C20H25FN2O2. The van der Waals surface area contributed by atoms with Crippen LogP contribution in [0, 0.1) is 5.82 Å². The topological polar surface area (TPSA) is 41.6 Å². The number of nitrogens with one attached hydrogen (secondary N) is 1. The number of hydrogen-bond donors (Lipinski definition) is 1. The number of nitrogens with zero attached hydrogens (tertiary/aromatic N) is 1. The second kappa shape index (κ2) is 9.18. The van der Waals surface area contributed by atoms with Gasteiger partial charge in [-0.15, -0.1) is 0 Å². The van der Waals surface area contributed by atoms with Gasteiger partial charge in [0.05, 0.1) is 12.6 Å². The summed E-state index contributed by atoms with van der Waals surface area (Å²) in [6.07, 6.45) is 0.